The van der Waals surface area contributed by atoms with E-state index in [0.717, 1.165) is 37.6 Å². The summed E-state index contributed by atoms with van der Waals surface area (Å²) in [5, 5.41) is 4.38. The van der Waals surface area contributed by atoms with Crippen molar-refractivity contribution < 1.29 is 9.57 Å². The Balaban J connectivity index is 1.81. The predicted molar refractivity (Wildman–Crippen MR) is 107 cm³/mol. The molecular weight excluding hydrogens is 344 g/mol. The Labute approximate surface area is 160 Å². The van der Waals surface area contributed by atoms with Crippen LogP contribution in [0.15, 0.2) is 69.5 Å². The summed E-state index contributed by atoms with van der Waals surface area (Å²) >= 11 is 1.76. The van der Waals surface area contributed by atoms with Gasteiger partial charge in [0.25, 0.3) is 0 Å². The molecule has 0 amide bonds. The van der Waals surface area contributed by atoms with E-state index in [4.69, 9.17) is 9.57 Å². The maximum absolute atomic E-state index is 5.50. The van der Waals surface area contributed by atoms with Gasteiger partial charge in [-0.15, -0.1) is 0 Å². The van der Waals surface area contributed by atoms with Crippen molar-refractivity contribution in [2.45, 2.75) is 29.2 Å². The summed E-state index contributed by atoms with van der Waals surface area (Å²) in [5.74, 6) is 0. The Morgan fingerprint density at radius 2 is 1.62 bits per heavy atom. The highest BCUT2D eigenvalue weighted by molar-refractivity contribution is 7.99. The van der Waals surface area contributed by atoms with E-state index in [9.17, 15) is 0 Å². The van der Waals surface area contributed by atoms with Gasteiger partial charge in [-0.25, -0.2) is 0 Å². The maximum atomic E-state index is 5.50. The fraction of sp³-hybridized carbons (Fsp3) is 0.381. The Morgan fingerprint density at radius 3 is 2.23 bits per heavy atom. The highest BCUT2D eigenvalue weighted by atomic mass is 32.2. The molecule has 0 aliphatic carbocycles. The van der Waals surface area contributed by atoms with Crippen LogP contribution in [0.3, 0.4) is 0 Å². The van der Waals surface area contributed by atoms with Crippen LogP contribution in [-0.4, -0.2) is 49.6 Å². The molecule has 5 heteroatoms. The fourth-order valence-electron chi connectivity index (χ4n) is 3.19. The summed E-state index contributed by atoms with van der Waals surface area (Å²) in [7, 11) is 1.61. The van der Waals surface area contributed by atoms with Crippen molar-refractivity contribution in [3.63, 3.8) is 0 Å². The Morgan fingerprint density at radius 1 is 1.00 bits per heavy atom. The fourth-order valence-corrected chi connectivity index (χ4v) is 4.02. The third-order valence-electron chi connectivity index (χ3n) is 4.67. The topological polar surface area (TPSA) is 34.1 Å². The first kappa shape index (κ1) is 19.0. The van der Waals surface area contributed by atoms with Crippen molar-refractivity contribution in [1.82, 2.24) is 4.90 Å². The lowest BCUT2D eigenvalue weighted by Crippen LogP contribution is -2.54. The van der Waals surface area contributed by atoms with Gasteiger partial charge in [0.05, 0.1) is 18.8 Å². The summed E-state index contributed by atoms with van der Waals surface area (Å²) < 4.78 is 5.50. The van der Waals surface area contributed by atoms with Gasteiger partial charge in [-0.3, -0.25) is 4.90 Å². The lowest BCUT2D eigenvalue weighted by atomic mass is 9.90. The molecule has 2 aromatic rings. The molecule has 138 valence electrons. The molecule has 1 aliphatic heterocycles. The van der Waals surface area contributed by atoms with Crippen LogP contribution in [0.1, 0.15) is 19.4 Å². The second-order valence-corrected chi connectivity index (χ2v) is 7.87. The Hall–Kier alpha value is -1.82. The molecule has 1 heterocycles. The molecule has 1 saturated heterocycles. The predicted octanol–water partition coefficient (Wildman–Crippen LogP) is 4.30. The zero-order valence-corrected chi connectivity index (χ0v) is 16.5. The van der Waals surface area contributed by atoms with E-state index in [1.54, 1.807) is 18.9 Å². The number of benzene rings is 2. The van der Waals surface area contributed by atoms with E-state index in [2.05, 4.69) is 72.4 Å². The summed E-state index contributed by atoms with van der Waals surface area (Å²) in [6.45, 7) is 7.72. The van der Waals surface area contributed by atoms with Gasteiger partial charge >= 0.3 is 0 Å². The first-order chi connectivity index (χ1) is 12.6. The van der Waals surface area contributed by atoms with Gasteiger partial charge in [0, 0.05) is 28.4 Å². The summed E-state index contributed by atoms with van der Waals surface area (Å²) in [6, 6.07) is 19.0. The second kappa shape index (κ2) is 8.71. The monoisotopic (exact) mass is 370 g/mol. The van der Waals surface area contributed by atoms with Crippen LogP contribution in [0.2, 0.25) is 0 Å². The lowest BCUT2D eigenvalue weighted by Gasteiger charge is -2.41. The normalized spacial score (nSPS) is 16.5. The highest BCUT2D eigenvalue weighted by Crippen LogP contribution is 2.29. The average molecular weight is 371 g/mol. The zero-order chi connectivity index (χ0) is 18.4. The molecule has 0 spiro atoms. The van der Waals surface area contributed by atoms with Gasteiger partial charge in [-0.05, 0) is 38.1 Å². The van der Waals surface area contributed by atoms with Gasteiger partial charge in [-0.1, -0.05) is 47.2 Å². The van der Waals surface area contributed by atoms with Crippen LogP contribution in [0.5, 0.6) is 0 Å². The van der Waals surface area contributed by atoms with Crippen LogP contribution in [0.25, 0.3) is 0 Å². The van der Waals surface area contributed by atoms with Crippen LogP contribution in [0, 0.1) is 0 Å². The number of rotatable bonds is 6. The van der Waals surface area contributed by atoms with Gasteiger partial charge in [-0.2, -0.15) is 0 Å². The minimum absolute atomic E-state index is 0.228. The minimum atomic E-state index is -0.228. The van der Waals surface area contributed by atoms with Crippen molar-refractivity contribution in [2.75, 3.05) is 33.4 Å². The minimum Gasteiger partial charge on any atom is -0.399 e. The SMILES string of the molecule is CON=C(c1ccc(Sc2ccccc2)cc1)C(C)(C)N1CCOCC1. The molecule has 4 nitrogen and oxygen atoms in total. The highest BCUT2D eigenvalue weighted by Gasteiger charge is 2.34. The Bertz CT molecular complexity index is 723. The summed E-state index contributed by atoms with van der Waals surface area (Å²) in [4.78, 5) is 10.0. The molecular formula is C21H26N2O2S. The molecule has 26 heavy (non-hydrogen) atoms. The van der Waals surface area contributed by atoms with Crippen molar-refractivity contribution >= 4 is 17.5 Å². The number of oxime groups is 1. The van der Waals surface area contributed by atoms with E-state index in [-0.39, 0.29) is 5.54 Å². The average Bonchev–Trinajstić information content (AvgIpc) is 2.68. The van der Waals surface area contributed by atoms with E-state index in [0.29, 0.717) is 0 Å². The summed E-state index contributed by atoms with van der Waals surface area (Å²) in [5.41, 5.74) is 1.80. The molecule has 1 fully saturated rings. The van der Waals surface area contributed by atoms with E-state index >= 15 is 0 Å². The van der Waals surface area contributed by atoms with Crippen LogP contribution in [-0.2, 0) is 9.57 Å². The molecule has 2 aromatic carbocycles. The molecule has 0 unspecified atom stereocenters. The molecule has 0 atom stereocenters. The van der Waals surface area contributed by atoms with E-state index in [1.807, 2.05) is 6.07 Å². The zero-order valence-electron chi connectivity index (χ0n) is 15.6. The van der Waals surface area contributed by atoms with Gasteiger partial charge in [0.1, 0.15) is 12.8 Å². The number of hydrogen-bond donors (Lipinski definition) is 0. The molecule has 1 aliphatic rings. The molecule has 0 saturated carbocycles. The van der Waals surface area contributed by atoms with E-state index < -0.39 is 0 Å². The third kappa shape index (κ3) is 4.47. The maximum Gasteiger partial charge on any atom is 0.107 e. The summed E-state index contributed by atoms with van der Waals surface area (Å²) in [6.07, 6.45) is 0. The Kier molecular flexibility index (Phi) is 6.35. The number of ether oxygens (including phenoxy) is 1. The molecule has 0 bridgehead atoms. The molecule has 0 aromatic heterocycles. The first-order valence-electron chi connectivity index (χ1n) is 8.89. The van der Waals surface area contributed by atoms with Crippen LogP contribution in [0.4, 0.5) is 0 Å². The molecule has 0 radical (unpaired) electrons. The number of nitrogens with zero attached hydrogens (tertiary/aromatic N) is 2. The number of morpholine rings is 1. The standard InChI is InChI=1S/C21H26N2O2S/c1-21(2,23-13-15-25-16-14-23)20(22-24-3)17-9-11-19(12-10-17)26-18-7-5-4-6-8-18/h4-12H,13-16H2,1-3H3. The smallest absolute Gasteiger partial charge is 0.107 e. The van der Waals surface area contributed by atoms with Crippen molar-refractivity contribution in [1.29, 1.82) is 0 Å². The van der Waals surface area contributed by atoms with Crippen molar-refractivity contribution in [3.8, 4) is 0 Å². The van der Waals surface area contributed by atoms with Gasteiger partial charge in [0.2, 0.25) is 0 Å². The molecule has 3 rings (SSSR count). The second-order valence-electron chi connectivity index (χ2n) is 6.72. The first-order valence-corrected chi connectivity index (χ1v) is 9.70. The largest absolute Gasteiger partial charge is 0.399 e. The quantitative estimate of drug-likeness (QED) is 0.561. The van der Waals surface area contributed by atoms with Crippen molar-refractivity contribution in [2.24, 2.45) is 5.16 Å². The van der Waals surface area contributed by atoms with E-state index in [1.165, 1.54) is 9.79 Å². The van der Waals surface area contributed by atoms with Gasteiger partial charge < -0.3 is 9.57 Å². The third-order valence-corrected chi connectivity index (χ3v) is 5.69. The van der Waals surface area contributed by atoms with Gasteiger partial charge in [0.15, 0.2) is 0 Å². The van der Waals surface area contributed by atoms with Crippen LogP contribution < -0.4 is 0 Å². The molecule has 0 N–H and O–H groups in total. The van der Waals surface area contributed by atoms with Crippen LogP contribution >= 0.6 is 11.8 Å². The lowest BCUT2D eigenvalue weighted by molar-refractivity contribution is 0.00922. The number of hydrogen-bond acceptors (Lipinski definition) is 5. The van der Waals surface area contributed by atoms with Crippen molar-refractivity contribution in [3.05, 3.63) is 60.2 Å².